The van der Waals surface area contributed by atoms with Crippen LogP contribution in [-0.2, 0) is 0 Å². The predicted octanol–water partition coefficient (Wildman–Crippen LogP) is 4.26. The first-order valence-corrected chi connectivity index (χ1v) is 6.71. The Labute approximate surface area is 136 Å². The van der Waals surface area contributed by atoms with Gasteiger partial charge in [0.25, 0.3) is 5.69 Å². The van der Waals surface area contributed by atoms with Gasteiger partial charge in [0.1, 0.15) is 22.9 Å². The number of anilines is 1. The monoisotopic (exact) mass is 336 g/mol. The van der Waals surface area contributed by atoms with Crippen molar-refractivity contribution in [2.45, 2.75) is 0 Å². The van der Waals surface area contributed by atoms with E-state index in [0.717, 1.165) is 0 Å². The Morgan fingerprint density at radius 3 is 2.30 bits per heavy atom. The molecule has 0 aliphatic carbocycles. The van der Waals surface area contributed by atoms with Crippen molar-refractivity contribution in [3.05, 3.63) is 45.5 Å². The molecule has 0 heterocycles. The Hall–Kier alpha value is -2.87. The molecule has 2 aromatic carbocycles. The van der Waals surface area contributed by atoms with E-state index >= 15 is 0 Å². The molecule has 0 unspecified atom stereocenters. The van der Waals surface area contributed by atoms with E-state index in [1.54, 1.807) is 12.1 Å². The molecule has 0 spiro atoms. The zero-order chi connectivity index (χ0) is 17.0. The Balaban J connectivity index is 2.38. The van der Waals surface area contributed by atoms with Gasteiger partial charge in [-0.3, -0.25) is 10.1 Å². The molecule has 2 rings (SSSR count). The first-order valence-electron chi connectivity index (χ1n) is 6.33. The summed E-state index contributed by atoms with van der Waals surface area (Å²) in [5.41, 5.74) is 6.74. The third-order valence-electron chi connectivity index (χ3n) is 2.94. The maximum absolute atomic E-state index is 10.7. The number of methoxy groups -OCH3 is 2. The molecule has 0 bridgehead atoms. The molecule has 0 fully saturated rings. The minimum absolute atomic E-state index is 0.115. The molecule has 9 heteroatoms. The molecule has 2 aromatic rings. The van der Waals surface area contributed by atoms with Crippen LogP contribution < -0.4 is 15.2 Å². The molecule has 0 aromatic heterocycles. The molecular weight excluding hydrogens is 324 g/mol. The Morgan fingerprint density at radius 2 is 1.74 bits per heavy atom. The van der Waals surface area contributed by atoms with Gasteiger partial charge in [0.15, 0.2) is 0 Å². The van der Waals surface area contributed by atoms with Gasteiger partial charge in [-0.15, -0.1) is 10.2 Å². The normalized spacial score (nSPS) is 10.7. The lowest BCUT2D eigenvalue weighted by Gasteiger charge is -2.09. The van der Waals surface area contributed by atoms with Crippen molar-refractivity contribution in [2.75, 3.05) is 20.0 Å². The second-order valence-electron chi connectivity index (χ2n) is 4.36. The minimum atomic E-state index is -0.541. The molecule has 0 aliphatic rings. The number of hydrogen-bond donors (Lipinski definition) is 1. The number of rotatable bonds is 5. The van der Waals surface area contributed by atoms with Gasteiger partial charge in [-0.1, -0.05) is 11.6 Å². The number of nitrogens with two attached hydrogens (primary N) is 1. The van der Waals surface area contributed by atoms with Crippen LogP contribution in [0.2, 0.25) is 5.02 Å². The van der Waals surface area contributed by atoms with Gasteiger partial charge in [0.05, 0.1) is 29.9 Å². The predicted molar refractivity (Wildman–Crippen MR) is 86.2 cm³/mol. The zero-order valence-corrected chi connectivity index (χ0v) is 13.1. The molecule has 23 heavy (non-hydrogen) atoms. The number of nitrogens with zero attached hydrogens (tertiary/aromatic N) is 3. The van der Waals surface area contributed by atoms with Gasteiger partial charge >= 0.3 is 0 Å². The fourth-order valence-electron chi connectivity index (χ4n) is 1.78. The number of hydrogen-bond acceptors (Lipinski definition) is 7. The second kappa shape index (κ2) is 6.93. The van der Waals surface area contributed by atoms with Crippen molar-refractivity contribution < 1.29 is 14.4 Å². The summed E-state index contributed by atoms with van der Waals surface area (Å²) in [6.07, 6.45) is 0. The topological polar surface area (TPSA) is 112 Å². The standard InChI is InChI=1S/C14H13ClN4O4/c1-22-13-7-12(14(23-2)6-10(13)16)18-17-11-4-3-8(19(20)21)5-9(11)15/h3-7H,16H2,1-2H3/b18-17+. The number of halogens is 1. The highest BCUT2D eigenvalue weighted by Gasteiger charge is 2.11. The number of non-ortho nitro benzene ring substituents is 1. The second-order valence-corrected chi connectivity index (χ2v) is 4.77. The molecular formula is C14H13ClN4O4. The molecule has 0 saturated carbocycles. The molecule has 120 valence electrons. The zero-order valence-electron chi connectivity index (χ0n) is 12.3. The summed E-state index contributed by atoms with van der Waals surface area (Å²) in [5.74, 6) is 0.833. The molecule has 0 atom stereocenters. The average molecular weight is 337 g/mol. The van der Waals surface area contributed by atoms with Crippen LogP contribution in [0, 0.1) is 10.1 Å². The van der Waals surface area contributed by atoms with E-state index in [0.29, 0.717) is 22.9 Å². The lowest BCUT2D eigenvalue weighted by atomic mass is 10.2. The maximum Gasteiger partial charge on any atom is 0.271 e. The lowest BCUT2D eigenvalue weighted by Crippen LogP contribution is -1.93. The van der Waals surface area contributed by atoms with E-state index in [9.17, 15) is 10.1 Å². The van der Waals surface area contributed by atoms with Gasteiger partial charge in [-0.05, 0) is 6.07 Å². The molecule has 8 nitrogen and oxygen atoms in total. The summed E-state index contributed by atoms with van der Waals surface area (Å²) < 4.78 is 10.3. The van der Waals surface area contributed by atoms with E-state index in [4.69, 9.17) is 26.8 Å². The highest BCUT2D eigenvalue weighted by Crippen LogP contribution is 2.38. The number of nitrogen functional groups attached to an aromatic ring is 1. The van der Waals surface area contributed by atoms with Crippen LogP contribution in [0.25, 0.3) is 0 Å². The van der Waals surface area contributed by atoms with E-state index in [-0.39, 0.29) is 16.4 Å². The van der Waals surface area contributed by atoms with Crippen LogP contribution in [0.15, 0.2) is 40.6 Å². The number of nitro benzene ring substituents is 1. The smallest absolute Gasteiger partial charge is 0.271 e. The van der Waals surface area contributed by atoms with Crippen molar-refractivity contribution in [3.63, 3.8) is 0 Å². The van der Waals surface area contributed by atoms with Crippen LogP contribution in [0.3, 0.4) is 0 Å². The number of azo groups is 1. The summed E-state index contributed by atoms with van der Waals surface area (Å²) in [6, 6.07) is 7.03. The van der Waals surface area contributed by atoms with Crippen molar-refractivity contribution in [1.29, 1.82) is 0 Å². The van der Waals surface area contributed by atoms with Gasteiger partial charge in [-0.2, -0.15) is 0 Å². The van der Waals surface area contributed by atoms with Crippen LogP contribution >= 0.6 is 11.6 Å². The molecule has 2 N–H and O–H groups in total. The summed E-state index contributed by atoms with van der Waals surface area (Å²) >= 11 is 5.96. The van der Waals surface area contributed by atoms with Gasteiger partial charge in [0.2, 0.25) is 0 Å². The fraction of sp³-hybridized carbons (Fsp3) is 0.143. The van der Waals surface area contributed by atoms with E-state index < -0.39 is 4.92 Å². The Kier molecular flexibility index (Phi) is 4.97. The SMILES string of the molecule is COc1cc(/N=N/c2ccc([N+](=O)[O-])cc2Cl)c(OC)cc1N. The van der Waals surface area contributed by atoms with Gasteiger partial charge in [0, 0.05) is 24.3 Å². The van der Waals surface area contributed by atoms with Crippen molar-refractivity contribution in [1.82, 2.24) is 0 Å². The third kappa shape index (κ3) is 3.67. The van der Waals surface area contributed by atoms with E-state index in [2.05, 4.69) is 10.2 Å². The fourth-order valence-corrected chi connectivity index (χ4v) is 1.99. The van der Waals surface area contributed by atoms with Crippen LogP contribution in [-0.4, -0.2) is 19.1 Å². The molecule has 0 saturated heterocycles. The molecule has 0 amide bonds. The van der Waals surface area contributed by atoms with Crippen LogP contribution in [0.5, 0.6) is 11.5 Å². The van der Waals surface area contributed by atoms with Crippen molar-refractivity contribution in [3.8, 4) is 11.5 Å². The number of nitro groups is 1. The first kappa shape index (κ1) is 16.5. The van der Waals surface area contributed by atoms with Crippen molar-refractivity contribution in [2.24, 2.45) is 10.2 Å². The van der Waals surface area contributed by atoms with Crippen molar-refractivity contribution >= 4 is 34.4 Å². The van der Waals surface area contributed by atoms with Gasteiger partial charge in [-0.25, -0.2) is 0 Å². The van der Waals surface area contributed by atoms with Crippen LogP contribution in [0.1, 0.15) is 0 Å². The summed E-state index contributed by atoms with van der Waals surface area (Å²) in [6.45, 7) is 0. The Morgan fingerprint density at radius 1 is 1.09 bits per heavy atom. The summed E-state index contributed by atoms with van der Waals surface area (Å²) in [4.78, 5) is 10.1. The van der Waals surface area contributed by atoms with Crippen LogP contribution in [0.4, 0.5) is 22.7 Å². The number of ether oxygens (including phenoxy) is 2. The largest absolute Gasteiger partial charge is 0.495 e. The molecule has 0 radical (unpaired) electrons. The van der Waals surface area contributed by atoms with Gasteiger partial charge < -0.3 is 15.2 Å². The maximum atomic E-state index is 10.7. The first-order chi connectivity index (χ1) is 11.0. The lowest BCUT2D eigenvalue weighted by molar-refractivity contribution is -0.384. The van der Waals surface area contributed by atoms with E-state index in [1.165, 1.54) is 32.4 Å². The molecule has 0 aliphatic heterocycles. The highest BCUT2D eigenvalue weighted by molar-refractivity contribution is 6.33. The van der Waals surface area contributed by atoms with E-state index in [1.807, 2.05) is 0 Å². The summed E-state index contributed by atoms with van der Waals surface area (Å²) in [5, 5.41) is 18.8. The Bertz CT molecular complexity index is 780. The quantitative estimate of drug-likeness (QED) is 0.379. The third-order valence-corrected chi connectivity index (χ3v) is 3.24. The average Bonchev–Trinajstić information content (AvgIpc) is 2.53. The minimum Gasteiger partial charge on any atom is -0.495 e. The highest BCUT2D eigenvalue weighted by atomic mass is 35.5. The summed E-state index contributed by atoms with van der Waals surface area (Å²) in [7, 11) is 2.95. The number of benzene rings is 2.